The Balaban J connectivity index is 2.08. The largest absolute Gasteiger partial charge is 0.497 e. The van der Waals surface area contributed by atoms with E-state index in [-0.39, 0.29) is 16.7 Å². The van der Waals surface area contributed by atoms with Crippen molar-refractivity contribution in [3.63, 3.8) is 0 Å². The Kier molecular flexibility index (Phi) is 5.23. The molecule has 1 unspecified atom stereocenters. The lowest BCUT2D eigenvalue weighted by Crippen LogP contribution is -2.33. The number of nitrogens with one attached hydrogen (secondary N) is 1. The number of methoxy groups -OCH3 is 1. The number of hydrogen-bond donors (Lipinski definition) is 1. The van der Waals surface area contributed by atoms with Crippen LogP contribution in [0, 0.1) is 5.92 Å². The number of carbonyl (C=O) groups is 1. The molecule has 2 aromatic rings. The topological polar surface area (TPSA) is 38.3 Å². The molecule has 0 aliphatic rings. The number of halogens is 1. The third-order valence-electron chi connectivity index (χ3n) is 3.41. The summed E-state index contributed by atoms with van der Waals surface area (Å²) in [6.07, 6.45) is 0. The molecule has 0 saturated heterocycles. The van der Waals surface area contributed by atoms with Crippen molar-refractivity contribution in [2.45, 2.75) is 25.2 Å². The summed E-state index contributed by atoms with van der Waals surface area (Å²) in [5, 5.41) is 5.23. The molecule has 0 heterocycles. The zero-order valence-electron chi connectivity index (χ0n) is 12.5. The Morgan fingerprint density at radius 1 is 1.19 bits per heavy atom. The summed E-state index contributed by atoms with van der Waals surface area (Å²) in [6.45, 7) is 4.57. The van der Waals surface area contributed by atoms with Gasteiger partial charge in [-0.3, -0.25) is 4.79 Å². The molecule has 2 rings (SSSR count). The smallest absolute Gasteiger partial charge is 0.234 e. The van der Waals surface area contributed by atoms with E-state index in [2.05, 4.69) is 27.3 Å². The highest BCUT2D eigenvalue weighted by molar-refractivity contribution is 9.10. The van der Waals surface area contributed by atoms with Gasteiger partial charge in [-0.2, -0.15) is 0 Å². The maximum absolute atomic E-state index is 11.9. The summed E-state index contributed by atoms with van der Waals surface area (Å²) in [7, 11) is 1.66. The van der Waals surface area contributed by atoms with Gasteiger partial charge in [0.25, 0.3) is 0 Å². The van der Waals surface area contributed by atoms with Crippen LogP contribution in [0.3, 0.4) is 0 Å². The minimum atomic E-state index is -0.151. The van der Waals surface area contributed by atoms with Gasteiger partial charge in [0.1, 0.15) is 5.75 Å². The van der Waals surface area contributed by atoms with Gasteiger partial charge in [-0.1, -0.05) is 48.0 Å². The second-order valence-electron chi connectivity index (χ2n) is 5.41. The molecule has 1 N–H and O–H groups in total. The first-order chi connectivity index (χ1) is 10.0. The molecule has 4 heteroatoms. The van der Waals surface area contributed by atoms with Gasteiger partial charge in [0.15, 0.2) is 0 Å². The van der Waals surface area contributed by atoms with Gasteiger partial charge in [0, 0.05) is 6.54 Å². The molecule has 112 valence electrons. The van der Waals surface area contributed by atoms with Crippen LogP contribution >= 0.6 is 15.9 Å². The minimum absolute atomic E-state index is 0.0276. The highest BCUT2D eigenvalue weighted by Crippen LogP contribution is 2.22. The van der Waals surface area contributed by atoms with Crippen LogP contribution in [0.4, 0.5) is 0 Å². The van der Waals surface area contributed by atoms with E-state index in [1.165, 1.54) is 0 Å². The molecular formula is C17H20BrNO2. The first kappa shape index (κ1) is 15.8. The van der Waals surface area contributed by atoms with Crippen LogP contribution in [0.25, 0.3) is 10.8 Å². The number of benzene rings is 2. The fourth-order valence-corrected chi connectivity index (χ4v) is 2.26. The molecule has 3 nitrogen and oxygen atoms in total. The Bertz CT molecular complexity index is 640. The van der Waals surface area contributed by atoms with E-state index < -0.39 is 0 Å². The van der Waals surface area contributed by atoms with E-state index in [0.29, 0.717) is 6.54 Å². The molecule has 0 radical (unpaired) electrons. The molecular weight excluding hydrogens is 330 g/mol. The molecule has 21 heavy (non-hydrogen) atoms. The molecule has 0 fully saturated rings. The second kappa shape index (κ2) is 6.94. The average molecular weight is 350 g/mol. The van der Waals surface area contributed by atoms with E-state index in [1.54, 1.807) is 7.11 Å². The maximum atomic E-state index is 11.9. The van der Waals surface area contributed by atoms with Crippen LogP contribution in [0.15, 0.2) is 36.4 Å². The molecule has 0 aliphatic heterocycles. The average Bonchev–Trinajstić information content (AvgIpc) is 2.50. The summed E-state index contributed by atoms with van der Waals surface area (Å²) in [5.41, 5.74) is 1.09. The van der Waals surface area contributed by atoms with Gasteiger partial charge in [-0.25, -0.2) is 0 Å². The fraction of sp³-hybridized carbons (Fsp3) is 0.353. The molecule has 0 saturated carbocycles. The summed E-state index contributed by atoms with van der Waals surface area (Å²) >= 11 is 3.41. The Labute approximate surface area is 133 Å². The number of amides is 1. The predicted molar refractivity (Wildman–Crippen MR) is 89.9 cm³/mol. The lowest BCUT2D eigenvalue weighted by Gasteiger charge is -2.14. The molecule has 0 bridgehead atoms. The van der Waals surface area contributed by atoms with Crippen molar-refractivity contribution in [2.24, 2.45) is 5.92 Å². The van der Waals surface area contributed by atoms with Crippen molar-refractivity contribution >= 4 is 32.6 Å². The van der Waals surface area contributed by atoms with Crippen molar-refractivity contribution in [2.75, 3.05) is 7.11 Å². The zero-order valence-corrected chi connectivity index (χ0v) is 14.1. The van der Waals surface area contributed by atoms with Gasteiger partial charge in [0.2, 0.25) is 5.91 Å². The van der Waals surface area contributed by atoms with Crippen LogP contribution in [0.2, 0.25) is 0 Å². The van der Waals surface area contributed by atoms with E-state index in [9.17, 15) is 4.79 Å². The van der Waals surface area contributed by atoms with Crippen molar-refractivity contribution in [1.82, 2.24) is 5.32 Å². The second-order valence-corrected chi connectivity index (χ2v) is 6.40. The minimum Gasteiger partial charge on any atom is -0.497 e. The first-order valence-electron chi connectivity index (χ1n) is 6.99. The molecule has 1 atom stereocenters. The van der Waals surface area contributed by atoms with Gasteiger partial charge in [-0.05, 0) is 40.5 Å². The lowest BCUT2D eigenvalue weighted by atomic mass is 10.1. The molecule has 0 aliphatic carbocycles. The van der Waals surface area contributed by atoms with Crippen LogP contribution in [0.5, 0.6) is 5.75 Å². The third-order valence-corrected chi connectivity index (χ3v) is 4.89. The van der Waals surface area contributed by atoms with E-state index >= 15 is 0 Å². The Morgan fingerprint density at radius 2 is 1.86 bits per heavy atom. The molecule has 0 aromatic heterocycles. The van der Waals surface area contributed by atoms with Crippen molar-refractivity contribution in [1.29, 1.82) is 0 Å². The predicted octanol–water partition coefficient (Wildman–Crippen LogP) is 3.88. The first-order valence-corrected chi connectivity index (χ1v) is 7.91. The number of hydrogen-bond acceptors (Lipinski definition) is 2. The Morgan fingerprint density at radius 3 is 2.52 bits per heavy atom. The summed E-state index contributed by atoms with van der Waals surface area (Å²) in [5.74, 6) is 1.15. The van der Waals surface area contributed by atoms with E-state index in [0.717, 1.165) is 22.1 Å². The monoisotopic (exact) mass is 349 g/mol. The van der Waals surface area contributed by atoms with Gasteiger partial charge in [-0.15, -0.1) is 0 Å². The van der Waals surface area contributed by atoms with Crippen LogP contribution in [0.1, 0.15) is 19.4 Å². The molecule has 0 spiro atoms. The van der Waals surface area contributed by atoms with Crippen molar-refractivity contribution in [3.8, 4) is 5.75 Å². The van der Waals surface area contributed by atoms with E-state index in [4.69, 9.17) is 4.74 Å². The van der Waals surface area contributed by atoms with Crippen LogP contribution in [-0.4, -0.2) is 17.8 Å². The lowest BCUT2D eigenvalue weighted by molar-refractivity contribution is -0.121. The summed E-state index contributed by atoms with van der Waals surface area (Å²) < 4.78 is 5.22. The normalized spacial score (nSPS) is 12.4. The standard InChI is InChI=1S/C17H20BrNO2/c1-11(2)16(18)17(20)19-10-12-4-5-14-9-15(21-3)7-6-13(14)8-12/h4-9,11,16H,10H2,1-3H3,(H,19,20). The van der Waals surface area contributed by atoms with Gasteiger partial charge in [0.05, 0.1) is 11.9 Å². The summed E-state index contributed by atoms with van der Waals surface area (Å²) in [4.78, 5) is 11.8. The SMILES string of the molecule is COc1ccc2cc(CNC(=O)C(Br)C(C)C)ccc2c1. The van der Waals surface area contributed by atoms with E-state index in [1.807, 2.05) is 44.2 Å². The number of fused-ring (bicyclic) bond motifs is 1. The molecule has 1 amide bonds. The quantitative estimate of drug-likeness (QED) is 0.831. The number of alkyl halides is 1. The van der Waals surface area contributed by atoms with Crippen LogP contribution in [-0.2, 0) is 11.3 Å². The van der Waals surface area contributed by atoms with Gasteiger partial charge < -0.3 is 10.1 Å². The number of carbonyl (C=O) groups excluding carboxylic acids is 1. The zero-order chi connectivity index (χ0) is 15.4. The molecule has 2 aromatic carbocycles. The number of rotatable bonds is 5. The number of ether oxygens (including phenoxy) is 1. The maximum Gasteiger partial charge on any atom is 0.234 e. The van der Waals surface area contributed by atoms with Crippen molar-refractivity contribution < 1.29 is 9.53 Å². The highest BCUT2D eigenvalue weighted by atomic mass is 79.9. The Hall–Kier alpha value is -1.55. The third kappa shape index (κ3) is 3.97. The fourth-order valence-electron chi connectivity index (χ4n) is 2.10. The highest BCUT2D eigenvalue weighted by Gasteiger charge is 2.17. The summed E-state index contributed by atoms with van der Waals surface area (Å²) in [6, 6.07) is 12.1. The van der Waals surface area contributed by atoms with Crippen molar-refractivity contribution in [3.05, 3.63) is 42.0 Å². The van der Waals surface area contributed by atoms with Gasteiger partial charge >= 0.3 is 0 Å². The van der Waals surface area contributed by atoms with Crippen LogP contribution < -0.4 is 10.1 Å².